The van der Waals surface area contributed by atoms with Crippen LogP contribution in [0.25, 0.3) is 11.3 Å². The number of benzene rings is 1. The summed E-state index contributed by atoms with van der Waals surface area (Å²) in [6.07, 6.45) is 4.12. The fourth-order valence-corrected chi connectivity index (χ4v) is 5.75. The Labute approximate surface area is 212 Å². The minimum absolute atomic E-state index is 0.129. The van der Waals surface area contributed by atoms with Gasteiger partial charge in [-0.05, 0) is 69.1 Å². The number of hydrogen-bond donors (Lipinski definition) is 1. The Morgan fingerprint density at radius 2 is 1.83 bits per heavy atom. The largest absolute Gasteiger partial charge is 0.491 e. The number of nitrogens with zero attached hydrogens (tertiary/aromatic N) is 4. The second-order valence-corrected chi connectivity index (χ2v) is 10.5. The molecule has 4 fully saturated rings. The number of amides is 1. The number of alkyl halides is 1. The number of aromatic nitrogens is 2. The van der Waals surface area contributed by atoms with Crippen molar-refractivity contribution in [2.45, 2.75) is 43.8 Å². The smallest absolute Gasteiger partial charge is 0.258 e. The number of carbonyl (C=O) groups excluding carboxylic acids is 1. The first-order valence-electron chi connectivity index (χ1n) is 12.9. The number of fused-ring (bicyclic) bond motifs is 3. The maximum atomic E-state index is 15.8. The molecule has 1 amide bonds. The molecule has 1 N–H and O–H groups in total. The lowest BCUT2D eigenvalue weighted by molar-refractivity contribution is -0.139. The van der Waals surface area contributed by atoms with Crippen molar-refractivity contribution in [2.24, 2.45) is 5.92 Å². The van der Waals surface area contributed by atoms with Crippen molar-refractivity contribution in [1.29, 1.82) is 0 Å². The molecule has 194 valence electrons. The molecule has 4 aliphatic heterocycles. The number of methoxy groups -OCH3 is 1. The van der Waals surface area contributed by atoms with Crippen molar-refractivity contribution < 1.29 is 18.7 Å². The van der Waals surface area contributed by atoms with E-state index in [0.717, 1.165) is 49.5 Å². The Bertz CT molecular complexity index is 1050. The second kappa shape index (κ2) is 10.3. The van der Waals surface area contributed by atoms with Crippen molar-refractivity contribution in [3.8, 4) is 17.0 Å². The molecule has 1 aromatic carbocycles. The number of nitrogens with one attached hydrogen (secondary N) is 1. The summed E-state index contributed by atoms with van der Waals surface area (Å²) >= 11 is 0. The van der Waals surface area contributed by atoms with Gasteiger partial charge in [-0.1, -0.05) is 0 Å². The first kappa shape index (κ1) is 24.9. The zero-order valence-corrected chi connectivity index (χ0v) is 21.2. The Balaban J connectivity index is 1.19. The molecule has 0 radical (unpaired) electrons. The van der Waals surface area contributed by atoms with Crippen LogP contribution in [-0.4, -0.2) is 85.0 Å². The Hall–Kier alpha value is -2.78. The van der Waals surface area contributed by atoms with Gasteiger partial charge in [0.05, 0.1) is 17.8 Å². The molecule has 8 nitrogen and oxygen atoms in total. The van der Waals surface area contributed by atoms with E-state index in [1.54, 1.807) is 13.3 Å². The third-order valence-electron chi connectivity index (χ3n) is 8.03. The van der Waals surface area contributed by atoms with Gasteiger partial charge in [-0.3, -0.25) is 4.79 Å². The summed E-state index contributed by atoms with van der Waals surface area (Å²) in [6, 6.07) is 9.57. The van der Waals surface area contributed by atoms with Gasteiger partial charge in [-0.25, -0.2) is 14.4 Å². The van der Waals surface area contributed by atoms with Gasteiger partial charge in [0, 0.05) is 51.3 Å². The highest BCUT2D eigenvalue weighted by molar-refractivity contribution is 5.86. The van der Waals surface area contributed by atoms with Crippen molar-refractivity contribution in [2.75, 3.05) is 57.9 Å². The van der Waals surface area contributed by atoms with Crippen LogP contribution in [0.2, 0.25) is 0 Å². The van der Waals surface area contributed by atoms with E-state index in [1.165, 1.54) is 0 Å². The third kappa shape index (κ3) is 5.18. The Morgan fingerprint density at radius 1 is 1.11 bits per heavy atom. The van der Waals surface area contributed by atoms with E-state index in [1.807, 2.05) is 35.2 Å². The first-order chi connectivity index (χ1) is 17.4. The lowest BCUT2D eigenvalue weighted by Crippen LogP contribution is -2.68. The monoisotopic (exact) mass is 497 g/mol. The van der Waals surface area contributed by atoms with Crippen LogP contribution in [0.4, 0.5) is 10.3 Å². The Morgan fingerprint density at radius 3 is 2.47 bits per heavy atom. The summed E-state index contributed by atoms with van der Waals surface area (Å²) < 4.78 is 26.4. The summed E-state index contributed by atoms with van der Waals surface area (Å²) in [5, 5.41) is 3.12. The van der Waals surface area contributed by atoms with Crippen LogP contribution >= 0.6 is 0 Å². The number of anilines is 1. The maximum absolute atomic E-state index is 15.8. The van der Waals surface area contributed by atoms with Crippen LogP contribution in [0.1, 0.15) is 32.6 Å². The molecule has 0 aliphatic carbocycles. The van der Waals surface area contributed by atoms with E-state index >= 15 is 4.39 Å². The zero-order valence-electron chi connectivity index (χ0n) is 21.2. The predicted octanol–water partition coefficient (Wildman–Crippen LogP) is 3.08. The normalized spacial score (nSPS) is 27.0. The summed E-state index contributed by atoms with van der Waals surface area (Å²) in [6.45, 7) is 6.87. The van der Waals surface area contributed by atoms with Crippen molar-refractivity contribution in [3.05, 3.63) is 36.5 Å². The molecule has 2 aromatic rings. The van der Waals surface area contributed by atoms with Gasteiger partial charge in [-0.2, -0.15) is 0 Å². The Kier molecular flexibility index (Phi) is 7.12. The lowest BCUT2D eigenvalue weighted by Gasteiger charge is -2.52. The molecule has 0 unspecified atom stereocenters. The molecule has 0 spiro atoms. The van der Waals surface area contributed by atoms with Gasteiger partial charge in [0.2, 0.25) is 5.95 Å². The topological polar surface area (TPSA) is 79.8 Å². The van der Waals surface area contributed by atoms with E-state index in [2.05, 4.69) is 22.1 Å². The summed E-state index contributed by atoms with van der Waals surface area (Å²) in [5.74, 6) is 1.30. The van der Waals surface area contributed by atoms with Gasteiger partial charge in [-0.15, -0.1) is 0 Å². The van der Waals surface area contributed by atoms with Crippen molar-refractivity contribution in [3.63, 3.8) is 0 Å². The first-order valence-corrected chi connectivity index (χ1v) is 12.9. The molecule has 5 heterocycles. The van der Waals surface area contributed by atoms with Gasteiger partial charge < -0.3 is 24.6 Å². The van der Waals surface area contributed by atoms with Gasteiger partial charge in [0.25, 0.3) is 5.91 Å². The molecule has 1 atom stereocenters. The van der Waals surface area contributed by atoms with E-state index in [4.69, 9.17) is 14.5 Å². The standard InChI is InChI=1S/C27H36FN5O3/c1-26(19-32-13-8-21(26)9-14-32)31-24(34)27(28)10-15-33(16-11-27)25-29-12-7-23(30-25)20-3-5-22(6-4-20)36-18-17-35-2/h3-7,12,21H,8-11,13-19H2,1-2H3,(H,31,34)/t26-/m1/s1. The number of carbonyl (C=O) groups is 1. The second-order valence-electron chi connectivity index (χ2n) is 10.5. The summed E-state index contributed by atoms with van der Waals surface area (Å²) in [7, 11) is 1.64. The van der Waals surface area contributed by atoms with Crippen LogP contribution in [0.5, 0.6) is 5.75 Å². The number of hydrogen-bond acceptors (Lipinski definition) is 7. The van der Waals surface area contributed by atoms with Crippen molar-refractivity contribution in [1.82, 2.24) is 20.2 Å². The van der Waals surface area contributed by atoms with E-state index in [9.17, 15) is 4.79 Å². The molecule has 0 saturated carbocycles. The summed E-state index contributed by atoms with van der Waals surface area (Å²) in [4.78, 5) is 26.6. The van der Waals surface area contributed by atoms with E-state index in [-0.39, 0.29) is 18.4 Å². The number of halogens is 1. The van der Waals surface area contributed by atoms with Crippen LogP contribution < -0.4 is 15.0 Å². The van der Waals surface area contributed by atoms with Gasteiger partial charge in [0.1, 0.15) is 12.4 Å². The average Bonchev–Trinajstić information content (AvgIpc) is 2.90. The van der Waals surface area contributed by atoms with Crippen LogP contribution in [0.15, 0.2) is 36.5 Å². The molecule has 4 saturated heterocycles. The van der Waals surface area contributed by atoms with Crippen LogP contribution in [-0.2, 0) is 9.53 Å². The van der Waals surface area contributed by atoms with E-state index in [0.29, 0.717) is 38.2 Å². The molecular weight excluding hydrogens is 461 g/mol. The number of ether oxygens (including phenoxy) is 2. The third-order valence-corrected chi connectivity index (χ3v) is 8.03. The minimum Gasteiger partial charge on any atom is -0.491 e. The zero-order chi connectivity index (χ0) is 25.2. The fraction of sp³-hybridized carbons (Fsp3) is 0.593. The number of rotatable bonds is 8. The van der Waals surface area contributed by atoms with Crippen molar-refractivity contribution >= 4 is 11.9 Å². The van der Waals surface area contributed by atoms with E-state index < -0.39 is 11.6 Å². The van der Waals surface area contributed by atoms with Crippen LogP contribution in [0.3, 0.4) is 0 Å². The molecule has 1 aromatic heterocycles. The average molecular weight is 498 g/mol. The maximum Gasteiger partial charge on any atom is 0.258 e. The SMILES string of the molecule is COCCOc1ccc(-c2ccnc(N3CCC(F)(C(=O)N[C@]4(C)CN5CCC4CC5)CC3)n2)cc1. The molecule has 2 bridgehead atoms. The molecule has 9 heteroatoms. The quantitative estimate of drug-likeness (QED) is 0.562. The summed E-state index contributed by atoms with van der Waals surface area (Å²) in [5.41, 5.74) is -0.471. The van der Waals surface area contributed by atoms with Crippen LogP contribution in [0, 0.1) is 5.92 Å². The minimum atomic E-state index is -1.86. The lowest BCUT2D eigenvalue weighted by atomic mass is 9.73. The highest BCUT2D eigenvalue weighted by Crippen LogP contribution is 2.37. The highest BCUT2D eigenvalue weighted by Gasteiger charge is 2.49. The molecule has 36 heavy (non-hydrogen) atoms. The predicted molar refractivity (Wildman–Crippen MR) is 136 cm³/mol. The molecule has 4 aliphatic rings. The highest BCUT2D eigenvalue weighted by atomic mass is 19.1. The van der Waals surface area contributed by atoms with Gasteiger partial charge >= 0.3 is 0 Å². The number of piperidine rings is 4. The van der Waals surface area contributed by atoms with Gasteiger partial charge in [0.15, 0.2) is 5.67 Å². The molecule has 6 rings (SSSR count). The fourth-order valence-electron chi connectivity index (χ4n) is 5.75. The molecular formula is C27H36FN5O3.